The van der Waals surface area contributed by atoms with Gasteiger partial charge in [-0.2, -0.15) is 0 Å². The van der Waals surface area contributed by atoms with E-state index in [4.69, 9.17) is 19.9 Å². The van der Waals surface area contributed by atoms with E-state index in [1.807, 2.05) is 6.07 Å². The van der Waals surface area contributed by atoms with Gasteiger partial charge in [0.15, 0.2) is 0 Å². The molecule has 6 nitrogen and oxygen atoms in total. The van der Waals surface area contributed by atoms with E-state index in [-0.39, 0.29) is 24.9 Å². The predicted molar refractivity (Wildman–Crippen MR) is 79.5 cm³/mol. The van der Waals surface area contributed by atoms with E-state index in [9.17, 15) is 4.79 Å². The Bertz CT molecular complexity index is 400. The standard InChI is InChI=1S/C13H20N2O4.ClH/c1-17-6-7-19-11-5-3-4-10(8-11)15-13(16)12(9-14)18-2;/h3-5,8,12H,6-7,9,14H2,1-2H3,(H,15,16);1H. The lowest BCUT2D eigenvalue weighted by atomic mass is 10.2. The summed E-state index contributed by atoms with van der Waals surface area (Å²) in [7, 11) is 3.05. The summed E-state index contributed by atoms with van der Waals surface area (Å²) in [6, 6.07) is 7.10. The van der Waals surface area contributed by atoms with Gasteiger partial charge in [0, 0.05) is 32.5 Å². The first-order chi connectivity index (χ1) is 9.21. The lowest BCUT2D eigenvalue weighted by molar-refractivity contribution is -0.125. The Morgan fingerprint density at radius 1 is 1.35 bits per heavy atom. The Morgan fingerprint density at radius 2 is 2.10 bits per heavy atom. The first-order valence-electron chi connectivity index (χ1n) is 5.96. The van der Waals surface area contributed by atoms with Crippen molar-refractivity contribution in [2.75, 3.05) is 39.3 Å². The number of carbonyl (C=O) groups is 1. The number of hydrogen-bond donors (Lipinski definition) is 2. The van der Waals surface area contributed by atoms with Crippen molar-refractivity contribution in [1.29, 1.82) is 0 Å². The second kappa shape index (κ2) is 10.4. The number of ether oxygens (including phenoxy) is 3. The van der Waals surface area contributed by atoms with Crippen LogP contribution < -0.4 is 15.8 Å². The molecule has 3 N–H and O–H groups in total. The number of carbonyl (C=O) groups excluding carboxylic acids is 1. The molecule has 0 aliphatic carbocycles. The van der Waals surface area contributed by atoms with Crippen LogP contribution in [0.15, 0.2) is 24.3 Å². The van der Waals surface area contributed by atoms with Crippen molar-refractivity contribution < 1.29 is 19.0 Å². The predicted octanol–water partition coefficient (Wildman–Crippen LogP) is 1.05. The summed E-state index contributed by atoms with van der Waals surface area (Å²) >= 11 is 0. The Morgan fingerprint density at radius 3 is 2.70 bits per heavy atom. The monoisotopic (exact) mass is 304 g/mol. The average molecular weight is 305 g/mol. The van der Waals surface area contributed by atoms with Gasteiger partial charge in [-0.15, -0.1) is 12.4 Å². The van der Waals surface area contributed by atoms with Crippen LogP contribution in [0.2, 0.25) is 0 Å². The van der Waals surface area contributed by atoms with Gasteiger partial charge in [-0.25, -0.2) is 0 Å². The van der Waals surface area contributed by atoms with Gasteiger partial charge in [-0.1, -0.05) is 6.07 Å². The number of anilines is 1. The van der Waals surface area contributed by atoms with Crippen LogP contribution in [0.4, 0.5) is 5.69 Å². The fourth-order valence-corrected chi connectivity index (χ4v) is 1.44. The second-order valence-electron chi connectivity index (χ2n) is 3.82. The maximum absolute atomic E-state index is 11.8. The smallest absolute Gasteiger partial charge is 0.254 e. The molecule has 1 rings (SSSR count). The van der Waals surface area contributed by atoms with Crippen molar-refractivity contribution in [3.63, 3.8) is 0 Å². The zero-order valence-corrected chi connectivity index (χ0v) is 12.4. The number of benzene rings is 1. The highest BCUT2D eigenvalue weighted by Crippen LogP contribution is 2.17. The maximum Gasteiger partial charge on any atom is 0.254 e. The average Bonchev–Trinajstić information content (AvgIpc) is 2.41. The molecule has 114 valence electrons. The van der Waals surface area contributed by atoms with Gasteiger partial charge in [0.25, 0.3) is 5.91 Å². The molecular weight excluding hydrogens is 284 g/mol. The highest BCUT2D eigenvalue weighted by atomic mass is 35.5. The molecule has 0 heterocycles. The molecule has 1 aromatic rings. The van der Waals surface area contributed by atoms with Crippen molar-refractivity contribution in [3.05, 3.63) is 24.3 Å². The van der Waals surface area contributed by atoms with E-state index in [1.54, 1.807) is 25.3 Å². The van der Waals surface area contributed by atoms with Crippen LogP contribution >= 0.6 is 12.4 Å². The van der Waals surface area contributed by atoms with Crippen LogP contribution in [0.25, 0.3) is 0 Å². The molecule has 1 aromatic carbocycles. The van der Waals surface area contributed by atoms with Crippen molar-refractivity contribution in [2.45, 2.75) is 6.10 Å². The zero-order chi connectivity index (χ0) is 14.1. The highest BCUT2D eigenvalue weighted by Gasteiger charge is 2.15. The van der Waals surface area contributed by atoms with Gasteiger partial charge >= 0.3 is 0 Å². The quantitative estimate of drug-likeness (QED) is 0.701. The first-order valence-corrected chi connectivity index (χ1v) is 5.96. The van der Waals surface area contributed by atoms with Gasteiger partial charge in [0.2, 0.25) is 0 Å². The van der Waals surface area contributed by atoms with Gasteiger partial charge in [-0.05, 0) is 12.1 Å². The zero-order valence-electron chi connectivity index (χ0n) is 11.6. The highest BCUT2D eigenvalue weighted by molar-refractivity contribution is 5.94. The molecule has 1 atom stereocenters. The van der Waals surface area contributed by atoms with Crippen molar-refractivity contribution in [1.82, 2.24) is 0 Å². The Balaban J connectivity index is 0.00000361. The molecule has 0 bridgehead atoms. The molecule has 0 spiro atoms. The molecule has 0 aromatic heterocycles. The van der Waals surface area contributed by atoms with Gasteiger partial charge in [0.05, 0.1) is 6.61 Å². The van der Waals surface area contributed by atoms with Gasteiger partial charge < -0.3 is 25.3 Å². The molecule has 0 radical (unpaired) electrons. The minimum absolute atomic E-state index is 0. The van der Waals surface area contributed by atoms with Gasteiger partial charge in [0.1, 0.15) is 18.5 Å². The van der Waals surface area contributed by atoms with E-state index >= 15 is 0 Å². The fraction of sp³-hybridized carbons (Fsp3) is 0.462. The first kappa shape index (κ1) is 18.7. The summed E-state index contributed by atoms with van der Waals surface area (Å²) in [5.41, 5.74) is 6.06. The van der Waals surface area contributed by atoms with Crippen LogP contribution in [0.1, 0.15) is 0 Å². The summed E-state index contributed by atoms with van der Waals surface area (Å²) in [6.07, 6.45) is -0.655. The second-order valence-corrected chi connectivity index (χ2v) is 3.82. The van der Waals surface area contributed by atoms with Crippen molar-refractivity contribution in [2.24, 2.45) is 5.73 Å². The number of nitrogens with two attached hydrogens (primary N) is 1. The molecule has 20 heavy (non-hydrogen) atoms. The van der Waals surface area contributed by atoms with Crippen LogP contribution in [0.5, 0.6) is 5.75 Å². The molecule has 1 amide bonds. The number of hydrogen-bond acceptors (Lipinski definition) is 5. The van der Waals surface area contributed by atoms with Crippen molar-refractivity contribution >= 4 is 24.0 Å². The number of nitrogens with one attached hydrogen (secondary N) is 1. The van der Waals surface area contributed by atoms with Crippen LogP contribution in [0, 0.1) is 0 Å². The molecule has 1 unspecified atom stereocenters. The lowest BCUT2D eigenvalue weighted by Crippen LogP contribution is -2.35. The van der Waals surface area contributed by atoms with E-state index in [1.165, 1.54) is 7.11 Å². The Kier molecular flexibility index (Phi) is 9.75. The third-order valence-electron chi connectivity index (χ3n) is 2.45. The SMILES string of the molecule is COCCOc1cccc(NC(=O)C(CN)OC)c1.Cl. The largest absolute Gasteiger partial charge is 0.491 e. The van der Waals surface area contributed by atoms with Crippen molar-refractivity contribution in [3.8, 4) is 5.75 Å². The van der Waals surface area contributed by atoms with E-state index in [0.717, 1.165) is 0 Å². The topological polar surface area (TPSA) is 82.8 Å². The molecule has 0 aliphatic heterocycles. The molecule has 0 saturated heterocycles. The minimum atomic E-state index is -0.655. The number of methoxy groups -OCH3 is 2. The van der Waals surface area contributed by atoms with Gasteiger partial charge in [-0.3, -0.25) is 4.79 Å². The van der Waals surface area contributed by atoms with Crippen LogP contribution in [0.3, 0.4) is 0 Å². The lowest BCUT2D eigenvalue weighted by Gasteiger charge is -2.13. The van der Waals surface area contributed by atoms with Crippen LogP contribution in [-0.4, -0.2) is 46.0 Å². The van der Waals surface area contributed by atoms with E-state index in [0.29, 0.717) is 24.7 Å². The number of rotatable bonds is 8. The summed E-state index contributed by atoms with van der Waals surface area (Å²) in [6.45, 7) is 1.10. The normalized spacial score (nSPS) is 11.3. The number of halogens is 1. The molecule has 0 aliphatic rings. The Labute approximate surface area is 125 Å². The molecule has 0 fully saturated rings. The van der Waals surface area contributed by atoms with E-state index in [2.05, 4.69) is 5.32 Å². The summed E-state index contributed by atoms with van der Waals surface area (Å²) in [5, 5.41) is 2.72. The molecular formula is C13H21ClN2O4. The van der Waals surface area contributed by atoms with E-state index < -0.39 is 6.10 Å². The summed E-state index contributed by atoms with van der Waals surface area (Å²) in [5.74, 6) is 0.385. The number of amides is 1. The van der Waals surface area contributed by atoms with Crippen LogP contribution in [-0.2, 0) is 14.3 Å². The molecule has 7 heteroatoms. The fourth-order valence-electron chi connectivity index (χ4n) is 1.44. The maximum atomic E-state index is 11.8. The third-order valence-corrected chi connectivity index (χ3v) is 2.45. The Hall–Kier alpha value is -1.34. The molecule has 0 saturated carbocycles. The summed E-state index contributed by atoms with van der Waals surface area (Å²) in [4.78, 5) is 11.8. The minimum Gasteiger partial charge on any atom is -0.491 e. The third kappa shape index (κ3) is 6.21. The summed E-state index contributed by atoms with van der Waals surface area (Å²) < 4.78 is 15.3.